The van der Waals surface area contributed by atoms with Crippen LogP contribution >= 0.6 is 11.6 Å². The SMILES string of the molecule is COc1cc(C)ccc1Oc1nccc(C(=N)N)c1Cl. The third-order valence-corrected chi connectivity index (χ3v) is 3.04. The van der Waals surface area contributed by atoms with Crippen LogP contribution in [0.1, 0.15) is 11.1 Å². The van der Waals surface area contributed by atoms with Gasteiger partial charge in [-0.25, -0.2) is 4.98 Å². The number of benzene rings is 1. The Balaban J connectivity index is 2.40. The number of nitrogens with zero attached hydrogens (tertiary/aromatic N) is 1. The number of nitrogens with one attached hydrogen (secondary N) is 1. The van der Waals surface area contributed by atoms with E-state index in [1.54, 1.807) is 19.2 Å². The Morgan fingerprint density at radius 1 is 1.30 bits per heavy atom. The molecule has 0 bridgehead atoms. The number of pyridine rings is 1. The summed E-state index contributed by atoms with van der Waals surface area (Å²) in [6.07, 6.45) is 1.48. The molecule has 1 heterocycles. The van der Waals surface area contributed by atoms with E-state index in [0.29, 0.717) is 17.1 Å². The van der Waals surface area contributed by atoms with E-state index >= 15 is 0 Å². The average Bonchev–Trinajstić information content (AvgIpc) is 2.42. The monoisotopic (exact) mass is 291 g/mol. The van der Waals surface area contributed by atoms with Crippen molar-refractivity contribution in [3.05, 3.63) is 46.6 Å². The molecule has 2 rings (SSSR count). The molecule has 0 spiro atoms. The highest BCUT2D eigenvalue weighted by atomic mass is 35.5. The van der Waals surface area contributed by atoms with Crippen molar-refractivity contribution in [2.24, 2.45) is 5.73 Å². The predicted molar refractivity (Wildman–Crippen MR) is 78.1 cm³/mol. The molecule has 0 aliphatic rings. The van der Waals surface area contributed by atoms with Crippen LogP contribution in [-0.2, 0) is 0 Å². The Kier molecular flexibility index (Phi) is 4.10. The van der Waals surface area contributed by atoms with Gasteiger partial charge in [0.05, 0.1) is 7.11 Å². The maximum absolute atomic E-state index is 7.44. The Bertz CT molecular complexity index is 659. The minimum Gasteiger partial charge on any atom is -0.493 e. The number of nitrogen functional groups attached to an aromatic ring is 1. The van der Waals surface area contributed by atoms with E-state index in [-0.39, 0.29) is 16.7 Å². The summed E-state index contributed by atoms with van der Waals surface area (Å²) in [6.45, 7) is 1.95. The van der Waals surface area contributed by atoms with Gasteiger partial charge in [-0.05, 0) is 30.7 Å². The topological polar surface area (TPSA) is 81.2 Å². The molecule has 6 heteroatoms. The second-order valence-electron chi connectivity index (χ2n) is 4.15. The van der Waals surface area contributed by atoms with Gasteiger partial charge < -0.3 is 15.2 Å². The number of ether oxygens (including phenoxy) is 2. The number of hydrogen-bond donors (Lipinski definition) is 2. The van der Waals surface area contributed by atoms with Crippen LogP contribution in [0.2, 0.25) is 5.02 Å². The van der Waals surface area contributed by atoms with Gasteiger partial charge in [-0.3, -0.25) is 5.41 Å². The second kappa shape index (κ2) is 5.79. The first-order valence-electron chi connectivity index (χ1n) is 5.84. The van der Waals surface area contributed by atoms with Crippen LogP contribution in [0.4, 0.5) is 0 Å². The van der Waals surface area contributed by atoms with Crippen molar-refractivity contribution < 1.29 is 9.47 Å². The van der Waals surface area contributed by atoms with Crippen LogP contribution in [0.3, 0.4) is 0 Å². The highest BCUT2D eigenvalue weighted by molar-refractivity contribution is 6.35. The summed E-state index contributed by atoms with van der Waals surface area (Å²) >= 11 is 6.13. The lowest BCUT2D eigenvalue weighted by molar-refractivity contribution is 0.374. The molecule has 0 radical (unpaired) electrons. The lowest BCUT2D eigenvalue weighted by Gasteiger charge is -2.12. The molecular formula is C14H14ClN3O2. The van der Waals surface area contributed by atoms with Crippen molar-refractivity contribution in [3.8, 4) is 17.4 Å². The highest BCUT2D eigenvalue weighted by Crippen LogP contribution is 2.35. The Morgan fingerprint density at radius 2 is 2.05 bits per heavy atom. The quantitative estimate of drug-likeness (QED) is 0.670. The number of methoxy groups -OCH3 is 1. The molecule has 0 unspecified atom stereocenters. The van der Waals surface area contributed by atoms with Crippen molar-refractivity contribution in [1.82, 2.24) is 4.98 Å². The molecule has 0 aliphatic carbocycles. The van der Waals surface area contributed by atoms with Gasteiger partial charge in [0.15, 0.2) is 11.5 Å². The molecule has 3 N–H and O–H groups in total. The summed E-state index contributed by atoms with van der Waals surface area (Å²) in [4.78, 5) is 4.05. The van der Waals surface area contributed by atoms with E-state index in [1.165, 1.54) is 6.20 Å². The van der Waals surface area contributed by atoms with Crippen molar-refractivity contribution >= 4 is 17.4 Å². The summed E-state index contributed by atoms with van der Waals surface area (Å²) in [5, 5.41) is 7.64. The Hall–Kier alpha value is -2.27. The minimum absolute atomic E-state index is 0.141. The largest absolute Gasteiger partial charge is 0.493 e. The maximum atomic E-state index is 7.44. The third-order valence-electron chi connectivity index (χ3n) is 2.67. The van der Waals surface area contributed by atoms with Crippen molar-refractivity contribution in [2.45, 2.75) is 6.92 Å². The summed E-state index contributed by atoms with van der Waals surface area (Å²) < 4.78 is 10.9. The number of rotatable bonds is 4. The summed E-state index contributed by atoms with van der Waals surface area (Å²) in [6, 6.07) is 7.06. The smallest absolute Gasteiger partial charge is 0.239 e. The molecular weight excluding hydrogens is 278 g/mol. The number of aryl methyl sites for hydroxylation is 1. The molecule has 5 nitrogen and oxygen atoms in total. The summed E-state index contributed by atoms with van der Waals surface area (Å²) in [5.41, 5.74) is 6.87. The van der Waals surface area contributed by atoms with E-state index in [1.807, 2.05) is 19.1 Å². The van der Waals surface area contributed by atoms with Crippen molar-refractivity contribution in [1.29, 1.82) is 5.41 Å². The molecule has 20 heavy (non-hydrogen) atoms. The predicted octanol–water partition coefficient (Wildman–Crippen LogP) is 3.13. The second-order valence-corrected chi connectivity index (χ2v) is 4.53. The van der Waals surface area contributed by atoms with Crippen LogP contribution < -0.4 is 15.2 Å². The van der Waals surface area contributed by atoms with Crippen molar-refractivity contribution in [2.75, 3.05) is 7.11 Å². The Morgan fingerprint density at radius 3 is 2.70 bits per heavy atom. The first kappa shape index (κ1) is 14.1. The zero-order valence-corrected chi connectivity index (χ0v) is 11.9. The Labute approximate surface area is 121 Å². The maximum Gasteiger partial charge on any atom is 0.239 e. The normalized spacial score (nSPS) is 10.2. The lowest BCUT2D eigenvalue weighted by atomic mass is 10.2. The van der Waals surface area contributed by atoms with Crippen LogP contribution in [-0.4, -0.2) is 17.9 Å². The number of hydrogen-bond acceptors (Lipinski definition) is 4. The molecule has 0 amide bonds. The fourth-order valence-corrected chi connectivity index (χ4v) is 1.92. The number of nitrogens with two attached hydrogens (primary N) is 1. The van der Waals surface area contributed by atoms with Gasteiger partial charge in [0.25, 0.3) is 0 Å². The van der Waals surface area contributed by atoms with Gasteiger partial charge in [0.1, 0.15) is 10.9 Å². The fraction of sp³-hybridized carbons (Fsp3) is 0.143. The molecule has 0 fully saturated rings. The van der Waals surface area contributed by atoms with Gasteiger partial charge in [0, 0.05) is 11.8 Å². The van der Waals surface area contributed by atoms with Gasteiger partial charge in [-0.15, -0.1) is 0 Å². The lowest BCUT2D eigenvalue weighted by Crippen LogP contribution is -2.12. The van der Waals surface area contributed by atoms with Crippen LogP contribution in [0.25, 0.3) is 0 Å². The van der Waals surface area contributed by atoms with Gasteiger partial charge in [-0.2, -0.15) is 0 Å². The average molecular weight is 292 g/mol. The third kappa shape index (κ3) is 2.83. The van der Waals surface area contributed by atoms with Crippen LogP contribution in [0, 0.1) is 12.3 Å². The van der Waals surface area contributed by atoms with Crippen molar-refractivity contribution in [3.63, 3.8) is 0 Å². The summed E-state index contributed by atoms with van der Waals surface area (Å²) in [7, 11) is 1.56. The highest BCUT2D eigenvalue weighted by Gasteiger charge is 2.14. The first-order valence-corrected chi connectivity index (χ1v) is 6.22. The van der Waals surface area contributed by atoms with Crippen LogP contribution in [0.15, 0.2) is 30.5 Å². The first-order chi connectivity index (χ1) is 9.52. The zero-order chi connectivity index (χ0) is 14.7. The molecule has 0 aliphatic heterocycles. The van der Waals surface area contributed by atoms with Gasteiger partial charge in [-0.1, -0.05) is 17.7 Å². The van der Waals surface area contributed by atoms with E-state index in [0.717, 1.165) is 5.56 Å². The molecule has 1 aromatic carbocycles. The molecule has 0 saturated carbocycles. The van der Waals surface area contributed by atoms with E-state index in [2.05, 4.69) is 4.98 Å². The minimum atomic E-state index is -0.141. The molecule has 0 saturated heterocycles. The van der Waals surface area contributed by atoms with Gasteiger partial charge >= 0.3 is 0 Å². The molecule has 104 valence electrons. The van der Waals surface area contributed by atoms with E-state index in [4.69, 9.17) is 32.2 Å². The number of amidine groups is 1. The van der Waals surface area contributed by atoms with E-state index in [9.17, 15) is 0 Å². The van der Waals surface area contributed by atoms with Gasteiger partial charge in [0.2, 0.25) is 5.88 Å². The number of aromatic nitrogens is 1. The molecule has 2 aromatic rings. The number of halogens is 1. The zero-order valence-electron chi connectivity index (χ0n) is 11.1. The fourth-order valence-electron chi connectivity index (χ4n) is 1.67. The molecule has 1 aromatic heterocycles. The standard InChI is InChI=1S/C14H14ClN3O2/c1-8-3-4-10(11(7-8)19-2)20-14-12(15)9(13(16)17)5-6-18-14/h3-7H,1-2H3,(H3,16,17). The van der Waals surface area contributed by atoms with Crippen LogP contribution in [0.5, 0.6) is 17.4 Å². The molecule has 0 atom stereocenters. The van der Waals surface area contributed by atoms with E-state index < -0.39 is 0 Å². The summed E-state index contributed by atoms with van der Waals surface area (Å²) in [5.74, 6) is 1.11.